The molecular weight excluding hydrogens is 312 g/mol. The van der Waals surface area contributed by atoms with Crippen LogP contribution in [-0.4, -0.2) is 19.2 Å². The number of hydrogen-bond donors (Lipinski definition) is 1. The fourth-order valence-electron chi connectivity index (χ4n) is 2.51. The van der Waals surface area contributed by atoms with Crippen LogP contribution in [0.25, 0.3) is 22.0 Å². The minimum atomic E-state index is 0. The summed E-state index contributed by atoms with van der Waals surface area (Å²) in [6.45, 7) is 2.06. The molecule has 3 aromatic rings. The van der Waals surface area contributed by atoms with Crippen molar-refractivity contribution in [2.24, 2.45) is 0 Å². The highest BCUT2D eigenvalue weighted by Gasteiger charge is 2.09. The predicted molar refractivity (Wildman–Crippen MR) is 96.7 cm³/mol. The number of fused-ring (bicyclic) bond motifs is 1. The van der Waals surface area contributed by atoms with Crippen LogP contribution in [0, 0.1) is 6.92 Å². The number of aryl methyl sites for hydroxylation is 1. The molecule has 0 spiro atoms. The van der Waals surface area contributed by atoms with E-state index in [1.807, 2.05) is 36.4 Å². The fourth-order valence-corrected chi connectivity index (χ4v) is 2.51. The van der Waals surface area contributed by atoms with Crippen LogP contribution in [0.5, 0.6) is 11.5 Å². The van der Waals surface area contributed by atoms with Crippen LogP contribution in [-0.2, 0) is 0 Å². The third-order valence-electron chi connectivity index (χ3n) is 3.66. The zero-order valence-electron chi connectivity index (χ0n) is 13.3. The van der Waals surface area contributed by atoms with E-state index < -0.39 is 0 Å². The van der Waals surface area contributed by atoms with Gasteiger partial charge in [-0.25, -0.2) is 4.98 Å². The number of benzene rings is 2. The van der Waals surface area contributed by atoms with Gasteiger partial charge < -0.3 is 15.2 Å². The number of ether oxygens (including phenoxy) is 2. The highest BCUT2D eigenvalue weighted by atomic mass is 35.5. The van der Waals surface area contributed by atoms with Gasteiger partial charge in [0.05, 0.1) is 19.9 Å². The molecule has 0 aliphatic heterocycles. The second-order valence-electron chi connectivity index (χ2n) is 5.22. The number of nitrogens with zero attached hydrogens (tertiary/aromatic N) is 1. The number of nitrogen functional groups attached to an aromatic ring is 1. The molecule has 0 unspecified atom stereocenters. The third-order valence-corrected chi connectivity index (χ3v) is 3.66. The number of nitrogens with two attached hydrogens (primary N) is 1. The van der Waals surface area contributed by atoms with Crippen LogP contribution in [0.2, 0.25) is 0 Å². The molecule has 0 bridgehead atoms. The standard InChI is InChI=1S/C18H18N2O2.ClH/c1-11-4-5-16-12(6-11)9-17(20-18(16)19)13-7-14(21-2)10-15(8-13)22-3;/h4-10H,1-3H3,(H2,19,20);1H. The lowest BCUT2D eigenvalue weighted by atomic mass is 10.0. The van der Waals surface area contributed by atoms with Crippen molar-refractivity contribution < 1.29 is 9.47 Å². The van der Waals surface area contributed by atoms with Gasteiger partial charge in [-0.2, -0.15) is 0 Å². The summed E-state index contributed by atoms with van der Waals surface area (Å²) in [5.41, 5.74) is 9.01. The van der Waals surface area contributed by atoms with Crippen LogP contribution in [0.3, 0.4) is 0 Å². The summed E-state index contributed by atoms with van der Waals surface area (Å²) in [5.74, 6) is 1.97. The van der Waals surface area contributed by atoms with E-state index in [0.717, 1.165) is 33.5 Å². The Bertz CT molecular complexity index is 828. The number of anilines is 1. The Hall–Kier alpha value is -2.46. The summed E-state index contributed by atoms with van der Waals surface area (Å²) in [5, 5.41) is 2.04. The minimum absolute atomic E-state index is 0. The molecule has 0 amide bonds. The van der Waals surface area contributed by atoms with Gasteiger partial charge >= 0.3 is 0 Å². The Balaban J connectivity index is 0.00000192. The van der Waals surface area contributed by atoms with Gasteiger partial charge in [0, 0.05) is 17.0 Å². The van der Waals surface area contributed by atoms with Crippen molar-refractivity contribution in [2.75, 3.05) is 20.0 Å². The van der Waals surface area contributed by atoms with Crippen LogP contribution < -0.4 is 15.2 Å². The maximum Gasteiger partial charge on any atom is 0.131 e. The summed E-state index contributed by atoms with van der Waals surface area (Å²) < 4.78 is 10.6. The van der Waals surface area contributed by atoms with Crippen molar-refractivity contribution in [1.29, 1.82) is 0 Å². The Kier molecular flexibility index (Phi) is 4.96. The first kappa shape index (κ1) is 16.9. The number of rotatable bonds is 3. The van der Waals surface area contributed by atoms with E-state index in [1.165, 1.54) is 5.56 Å². The van der Waals surface area contributed by atoms with E-state index in [4.69, 9.17) is 15.2 Å². The lowest BCUT2D eigenvalue weighted by Gasteiger charge is -2.10. The molecule has 0 aliphatic carbocycles. The molecule has 4 nitrogen and oxygen atoms in total. The third kappa shape index (κ3) is 3.32. The van der Waals surface area contributed by atoms with Crippen molar-refractivity contribution in [3.8, 4) is 22.8 Å². The molecule has 1 aromatic heterocycles. The van der Waals surface area contributed by atoms with Gasteiger partial charge in [-0.1, -0.05) is 23.8 Å². The molecule has 0 radical (unpaired) electrons. The maximum atomic E-state index is 6.11. The summed E-state index contributed by atoms with van der Waals surface area (Å²) in [6.07, 6.45) is 0. The van der Waals surface area contributed by atoms with Crippen molar-refractivity contribution in [3.63, 3.8) is 0 Å². The Morgan fingerprint density at radius 2 is 1.57 bits per heavy atom. The first-order valence-electron chi connectivity index (χ1n) is 7.01. The first-order valence-corrected chi connectivity index (χ1v) is 7.01. The number of halogens is 1. The van der Waals surface area contributed by atoms with Gasteiger partial charge in [-0.3, -0.25) is 0 Å². The number of methoxy groups -OCH3 is 2. The van der Waals surface area contributed by atoms with Crippen LogP contribution in [0.15, 0.2) is 42.5 Å². The Morgan fingerprint density at radius 1 is 0.913 bits per heavy atom. The smallest absolute Gasteiger partial charge is 0.131 e. The van der Waals surface area contributed by atoms with Gasteiger partial charge in [0.2, 0.25) is 0 Å². The molecule has 2 aromatic carbocycles. The lowest BCUT2D eigenvalue weighted by molar-refractivity contribution is 0.394. The van der Waals surface area contributed by atoms with Crippen LogP contribution >= 0.6 is 12.4 Å². The van der Waals surface area contributed by atoms with E-state index in [1.54, 1.807) is 14.2 Å². The number of pyridine rings is 1. The molecule has 1 heterocycles. The SMILES string of the molecule is COc1cc(OC)cc(-c2cc3cc(C)ccc3c(N)n2)c1.Cl. The van der Waals surface area contributed by atoms with Gasteiger partial charge in [-0.15, -0.1) is 12.4 Å². The molecule has 0 aliphatic rings. The number of hydrogen-bond acceptors (Lipinski definition) is 4. The van der Waals surface area contributed by atoms with Crippen LogP contribution in [0.4, 0.5) is 5.82 Å². The van der Waals surface area contributed by atoms with Crippen molar-refractivity contribution in [2.45, 2.75) is 6.92 Å². The van der Waals surface area contributed by atoms with E-state index in [-0.39, 0.29) is 12.4 Å². The van der Waals surface area contributed by atoms with Gasteiger partial charge in [-0.05, 0) is 30.5 Å². The Labute approximate surface area is 141 Å². The average molecular weight is 331 g/mol. The topological polar surface area (TPSA) is 57.4 Å². The molecular formula is C18H19ClN2O2. The molecule has 5 heteroatoms. The number of aromatic nitrogens is 1. The average Bonchev–Trinajstić information content (AvgIpc) is 2.53. The quantitative estimate of drug-likeness (QED) is 0.780. The van der Waals surface area contributed by atoms with Crippen molar-refractivity contribution in [1.82, 2.24) is 4.98 Å². The minimum Gasteiger partial charge on any atom is -0.497 e. The fraction of sp³-hybridized carbons (Fsp3) is 0.167. The summed E-state index contributed by atoms with van der Waals surface area (Å²) in [7, 11) is 3.26. The van der Waals surface area contributed by atoms with Gasteiger partial charge in [0.1, 0.15) is 17.3 Å². The zero-order valence-corrected chi connectivity index (χ0v) is 14.1. The van der Waals surface area contributed by atoms with Crippen molar-refractivity contribution >= 4 is 29.0 Å². The second-order valence-corrected chi connectivity index (χ2v) is 5.22. The van der Waals surface area contributed by atoms with E-state index in [9.17, 15) is 0 Å². The summed E-state index contributed by atoms with van der Waals surface area (Å²) in [4.78, 5) is 4.52. The predicted octanol–water partition coefficient (Wildman–Crippen LogP) is 4.23. The van der Waals surface area contributed by atoms with E-state index in [2.05, 4.69) is 18.0 Å². The molecule has 0 saturated heterocycles. The Morgan fingerprint density at radius 3 is 2.17 bits per heavy atom. The molecule has 0 saturated carbocycles. The molecule has 23 heavy (non-hydrogen) atoms. The second kappa shape index (κ2) is 6.75. The highest BCUT2D eigenvalue weighted by molar-refractivity contribution is 5.94. The zero-order chi connectivity index (χ0) is 15.7. The molecule has 0 fully saturated rings. The molecule has 2 N–H and O–H groups in total. The normalized spacial score (nSPS) is 10.2. The van der Waals surface area contributed by atoms with Crippen LogP contribution in [0.1, 0.15) is 5.56 Å². The van der Waals surface area contributed by atoms with E-state index in [0.29, 0.717) is 5.82 Å². The highest BCUT2D eigenvalue weighted by Crippen LogP contribution is 2.32. The molecule has 3 rings (SSSR count). The van der Waals surface area contributed by atoms with E-state index >= 15 is 0 Å². The van der Waals surface area contributed by atoms with Gasteiger partial charge in [0.25, 0.3) is 0 Å². The maximum absolute atomic E-state index is 6.11. The molecule has 120 valence electrons. The largest absolute Gasteiger partial charge is 0.497 e. The lowest BCUT2D eigenvalue weighted by Crippen LogP contribution is -1.96. The summed E-state index contributed by atoms with van der Waals surface area (Å²) in [6, 6.07) is 13.9. The van der Waals surface area contributed by atoms with Gasteiger partial charge in [0.15, 0.2) is 0 Å². The first-order chi connectivity index (χ1) is 10.6. The van der Waals surface area contributed by atoms with Crippen molar-refractivity contribution in [3.05, 3.63) is 48.0 Å². The summed E-state index contributed by atoms with van der Waals surface area (Å²) >= 11 is 0. The monoisotopic (exact) mass is 330 g/mol. The molecule has 0 atom stereocenters.